The highest BCUT2D eigenvalue weighted by atomic mass is 19.4. The lowest BCUT2D eigenvalue weighted by molar-refractivity contribution is -0.137. The van der Waals surface area contributed by atoms with Gasteiger partial charge in [0.2, 0.25) is 0 Å². The van der Waals surface area contributed by atoms with Crippen molar-refractivity contribution in [2.45, 2.75) is 52.5 Å². The van der Waals surface area contributed by atoms with E-state index >= 15 is 0 Å². The van der Waals surface area contributed by atoms with E-state index < -0.39 is 11.7 Å². The Bertz CT molecular complexity index is 1200. The number of hydrogen-bond donors (Lipinski definition) is 0. The van der Waals surface area contributed by atoms with Crippen LogP contribution in [0, 0.1) is 6.92 Å². The summed E-state index contributed by atoms with van der Waals surface area (Å²) in [6, 6.07) is 17.3. The molecule has 1 fully saturated rings. The molecule has 1 aliphatic heterocycles. The molecular weight excluding hydrogens is 479 g/mol. The maximum absolute atomic E-state index is 13.1. The Kier molecular flexibility index (Phi) is 7.69. The van der Waals surface area contributed by atoms with Crippen molar-refractivity contribution in [2.75, 3.05) is 31.1 Å². The maximum atomic E-state index is 13.1. The van der Waals surface area contributed by atoms with E-state index in [1.807, 2.05) is 11.0 Å². The second-order valence-corrected chi connectivity index (χ2v) is 10.6. The van der Waals surface area contributed by atoms with E-state index in [9.17, 15) is 18.0 Å². The molecule has 1 amide bonds. The van der Waals surface area contributed by atoms with E-state index in [1.165, 1.54) is 17.2 Å². The molecule has 2 aromatic carbocycles. The van der Waals surface area contributed by atoms with Crippen LogP contribution in [0.4, 0.5) is 18.9 Å². The van der Waals surface area contributed by atoms with Gasteiger partial charge in [0.25, 0.3) is 5.91 Å². The van der Waals surface area contributed by atoms with Gasteiger partial charge in [0.1, 0.15) is 5.76 Å². The third-order valence-corrected chi connectivity index (χ3v) is 6.77. The number of benzene rings is 2. The number of halogens is 3. The standard InChI is InChI=1S/C29H34F3N3O2/c1-21-8-10-22(11-9-21)19-35(28(2,3)4)20-25-12-13-26(37-25)27(36)34-16-14-33(15-17-34)24-7-5-6-23(18-24)29(30,31)32/h5-13,18H,14-17,19-20H2,1-4H3. The van der Waals surface area contributed by atoms with Gasteiger partial charge in [-0.25, -0.2) is 0 Å². The zero-order chi connectivity index (χ0) is 26.8. The van der Waals surface area contributed by atoms with Gasteiger partial charge in [-0.3, -0.25) is 9.69 Å². The van der Waals surface area contributed by atoms with Gasteiger partial charge in [0, 0.05) is 44.0 Å². The molecule has 0 unspecified atom stereocenters. The Hall–Kier alpha value is -3.26. The van der Waals surface area contributed by atoms with Crippen LogP contribution in [0.2, 0.25) is 0 Å². The van der Waals surface area contributed by atoms with Crippen molar-refractivity contribution in [1.82, 2.24) is 9.80 Å². The minimum absolute atomic E-state index is 0.110. The average molecular weight is 514 g/mol. The Morgan fingerprint density at radius 1 is 0.919 bits per heavy atom. The highest BCUT2D eigenvalue weighted by Gasteiger charge is 2.32. The van der Waals surface area contributed by atoms with Crippen LogP contribution in [-0.4, -0.2) is 47.4 Å². The molecular formula is C29H34F3N3O2. The van der Waals surface area contributed by atoms with Gasteiger partial charge < -0.3 is 14.2 Å². The number of furan rings is 1. The van der Waals surface area contributed by atoms with Crippen LogP contribution < -0.4 is 4.90 Å². The number of piperazine rings is 1. The second-order valence-electron chi connectivity index (χ2n) is 10.6. The van der Waals surface area contributed by atoms with Crippen LogP contribution in [0.1, 0.15) is 53.8 Å². The first-order chi connectivity index (χ1) is 17.4. The van der Waals surface area contributed by atoms with E-state index in [1.54, 1.807) is 17.0 Å². The van der Waals surface area contributed by atoms with Gasteiger partial charge in [-0.2, -0.15) is 13.2 Å². The molecule has 5 nitrogen and oxygen atoms in total. The molecule has 0 aliphatic carbocycles. The third-order valence-electron chi connectivity index (χ3n) is 6.77. The summed E-state index contributed by atoms with van der Waals surface area (Å²) in [5.74, 6) is 0.801. The number of amides is 1. The number of alkyl halides is 3. The molecule has 198 valence electrons. The molecule has 0 bridgehead atoms. The lowest BCUT2D eigenvalue weighted by Gasteiger charge is -2.36. The first-order valence-corrected chi connectivity index (χ1v) is 12.5. The van der Waals surface area contributed by atoms with Crippen molar-refractivity contribution in [2.24, 2.45) is 0 Å². The molecule has 0 N–H and O–H groups in total. The summed E-state index contributed by atoms with van der Waals surface area (Å²) in [5.41, 5.74) is 2.16. The zero-order valence-corrected chi connectivity index (χ0v) is 21.8. The molecule has 0 radical (unpaired) electrons. The Labute approximate surface area is 216 Å². The van der Waals surface area contributed by atoms with E-state index in [0.717, 1.165) is 18.7 Å². The number of nitrogens with zero attached hydrogens (tertiary/aromatic N) is 3. The molecule has 4 rings (SSSR count). The van der Waals surface area contributed by atoms with Gasteiger partial charge in [-0.05, 0) is 63.6 Å². The molecule has 3 aromatic rings. The van der Waals surface area contributed by atoms with Crippen LogP contribution in [0.25, 0.3) is 0 Å². The summed E-state index contributed by atoms with van der Waals surface area (Å²) in [7, 11) is 0. The fourth-order valence-corrected chi connectivity index (χ4v) is 4.41. The molecule has 8 heteroatoms. The molecule has 0 saturated carbocycles. The first kappa shape index (κ1) is 26.8. The van der Waals surface area contributed by atoms with Crippen molar-refractivity contribution in [3.63, 3.8) is 0 Å². The van der Waals surface area contributed by atoms with Crippen molar-refractivity contribution in [3.05, 3.63) is 88.9 Å². The number of aryl methyl sites for hydroxylation is 1. The minimum atomic E-state index is -4.38. The monoisotopic (exact) mass is 513 g/mol. The molecule has 37 heavy (non-hydrogen) atoms. The molecule has 1 aromatic heterocycles. The topological polar surface area (TPSA) is 39.9 Å². The summed E-state index contributed by atoms with van der Waals surface area (Å²) < 4.78 is 45.2. The van der Waals surface area contributed by atoms with Gasteiger partial charge >= 0.3 is 6.18 Å². The van der Waals surface area contributed by atoms with Crippen molar-refractivity contribution >= 4 is 11.6 Å². The minimum Gasteiger partial charge on any atom is -0.455 e. The fourth-order valence-electron chi connectivity index (χ4n) is 4.41. The predicted molar refractivity (Wildman–Crippen MR) is 138 cm³/mol. The molecule has 1 aliphatic rings. The van der Waals surface area contributed by atoms with Gasteiger partial charge in [0.05, 0.1) is 12.1 Å². The highest BCUT2D eigenvalue weighted by Crippen LogP contribution is 2.32. The van der Waals surface area contributed by atoms with Crippen LogP contribution in [0.15, 0.2) is 65.1 Å². The normalized spacial score (nSPS) is 14.9. The largest absolute Gasteiger partial charge is 0.455 e. The van der Waals surface area contributed by atoms with Crippen molar-refractivity contribution < 1.29 is 22.4 Å². The Balaban J connectivity index is 1.37. The van der Waals surface area contributed by atoms with Crippen molar-refractivity contribution in [1.29, 1.82) is 0 Å². The smallest absolute Gasteiger partial charge is 0.416 e. The summed E-state index contributed by atoms with van der Waals surface area (Å²) in [4.78, 5) is 19.0. The Morgan fingerprint density at radius 3 is 2.22 bits per heavy atom. The van der Waals surface area contributed by atoms with E-state index in [4.69, 9.17) is 4.42 Å². The SMILES string of the molecule is Cc1ccc(CN(Cc2ccc(C(=O)N3CCN(c4cccc(C(F)(F)F)c4)CC3)o2)C(C)(C)C)cc1. The van der Waals surface area contributed by atoms with Crippen LogP contribution >= 0.6 is 0 Å². The van der Waals surface area contributed by atoms with Gasteiger partial charge in [-0.1, -0.05) is 35.9 Å². The molecule has 1 saturated heterocycles. The third kappa shape index (κ3) is 6.74. The second kappa shape index (κ2) is 10.6. The lowest BCUT2D eigenvalue weighted by Crippen LogP contribution is -2.48. The summed E-state index contributed by atoms with van der Waals surface area (Å²) in [6.07, 6.45) is -4.38. The van der Waals surface area contributed by atoms with Crippen LogP contribution in [-0.2, 0) is 19.3 Å². The number of anilines is 1. The summed E-state index contributed by atoms with van der Waals surface area (Å²) >= 11 is 0. The number of carbonyl (C=O) groups excluding carboxylic acids is 1. The summed E-state index contributed by atoms with van der Waals surface area (Å²) in [5, 5.41) is 0. The molecule has 0 spiro atoms. The quantitative estimate of drug-likeness (QED) is 0.384. The van der Waals surface area contributed by atoms with Gasteiger partial charge in [0.15, 0.2) is 5.76 Å². The zero-order valence-electron chi connectivity index (χ0n) is 21.8. The lowest BCUT2D eigenvalue weighted by atomic mass is 10.0. The molecule has 2 heterocycles. The average Bonchev–Trinajstić information content (AvgIpc) is 3.32. The number of hydrogen-bond acceptors (Lipinski definition) is 4. The first-order valence-electron chi connectivity index (χ1n) is 12.5. The number of rotatable bonds is 6. The fraction of sp³-hybridized carbons (Fsp3) is 0.414. The highest BCUT2D eigenvalue weighted by molar-refractivity contribution is 5.91. The maximum Gasteiger partial charge on any atom is 0.416 e. The van der Waals surface area contributed by atoms with E-state index in [-0.39, 0.29) is 17.2 Å². The van der Waals surface area contributed by atoms with Gasteiger partial charge in [-0.15, -0.1) is 0 Å². The van der Waals surface area contributed by atoms with Crippen molar-refractivity contribution in [3.8, 4) is 0 Å². The Morgan fingerprint density at radius 2 is 1.59 bits per heavy atom. The molecule has 0 atom stereocenters. The summed E-state index contributed by atoms with van der Waals surface area (Å²) in [6.45, 7) is 11.6. The van der Waals surface area contributed by atoms with E-state index in [0.29, 0.717) is 44.2 Å². The predicted octanol–water partition coefficient (Wildman–Crippen LogP) is 6.37. The van der Waals surface area contributed by atoms with Crippen LogP contribution in [0.5, 0.6) is 0 Å². The van der Waals surface area contributed by atoms with E-state index in [2.05, 4.69) is 56.9 Å². The van der Waals surface area contributed by atoms with Crippen LogP contribution in [0.3, 0.4) is 0 Å². The number of carbonyl (C=O) groups is 1.